The molecule has 0 saturated carbocycles. The molecule has 0 spiro atoms. The first-order chi connectivity index (χ1) is 21.3. The van der Waals surface area contributed by atoms with Crippen molar-refractivity contribution in [1.29, 1.82) is 0 Å². The average molecular weight is 673 g/mol. The normalized spacial score (nSPS) is 15.7. The van der Waals surface area contributed by atoms with Crippen molar-refractivity contribution < 1.29 is 4.79 Å². The molecule has 0 unspecified atom stereocenters. The smallest absolute Gasteiger partial charge is 0.222 e. The molecule has 290 valence electrons. The zero-order valence-electron chi connectivity index (χ0n) is 35.6. The summed E-state index contributed by atoms with van der Waals surface area (Å²) in [6.07, 6.45) is 8.15. The molecule has 2 heterocycles. The molecule has 0 radical (unpaired) electrons. The Morgan fingerprint density at radius 3 is 1.11 bits per heavy atom. The van der Waals surface area contributed by atoms with Gasteiger partial charge in [0.05, 0.1) is 0 Å². The van der Waals surface area contributed by atoms with Crippen molar-refractivity contribution in [3.63, 3.8) is 0 Å². The number of carbonyl (C=O) groups excluding carboxylic acids is 1. The molecule has 0 aromatic carbocycles. The highest BCUT2D eigenvalue weighted by Crippen LogP contribution is 2.16. The maximum atomic E-state index is 11.8. The Labute approximate surface area is 301 Å². The minimum atomic E-state index is 0. The van der Waals surface area contributed by atoms with E-state index in [2.05, 4.69) is 140 Å². The Kier molecular flexibility index (Phi) is 43.4. The number of nitrogens with zero attached hydrogens (tertiary/aromatic N) is 4. The van der Waals surface area contributed by atoms with Crippen LogP contribution in [0.2, 0.25) is 0 Å². The second-order valence-corrected chi connectivity index (χ2v) is 16.3. The molecule has 5 nitrogen and oxygen atoms in total. The Bertz CT molecular complexity index is 570. The van der Waals surface area contributed by atoms with Crippen LogP contribution in [0.15, 0.2) is 0 Å². The van der Waals surface area contributed by atoms with E-state index in [0.717, 1.165) is 55.5 Å². The standard InChI is InChI=1S/C12H24N2O.C9H20N2.4C5H12.CH4/c1-10(2)9-12(15)14(4)11-5-7-13(3)8-6-11;1-9(2)8-11-6-4-10(3)5-7-11;4*1-4-5(2)3;/h10-11H,5-9H2,1-4H3;9H,4-8H2,1-3H3;4*5H,4H2,1-3H3;1H4. The second kappa shape index (κ2) is 36.6. The highest BCUT2D eigenvalue weighted by molar-refractivity contribution is 5.76. The molecule has 0 N–H and O–H groups in total. The fourth-order valence-corrected chi connectivity index (χ4v) is 3.63. The van der Waals surface area contributed by atoms with Crippen molar-refractivity contribution >= 4 is 5.91 Å². The Hall–Kier alpha value is -0.650. The molecule has 0 aliphatic carbocycles. The number of rotatable bonds is 9. The number of hydrogen-bond donors (Lipinski definition) is 0. The first-order valence-electron chi connectivity index (χ1n) is 19.6. The fourth-order valence-electron chi connectivity index (χ4n) is 3.63. The zero-order chi connectivity index (χ0) is 36.8. The largest absolute Gasteiger partial charge is 0.343 e. The van der Waals surface area contributed by atoms with E-state index in [9.17, 15) is 4.79 Å². The summed E-state index contributed by atoms with van der Waals surface area (Å²) in [6.45, 7) is 43.9. The van der Waals surface area contributed by atoms with E-state index < -0.39 is 0 Å². The molecule has 2 aliphatic rings. The van der Waals surface area contributed by atoms with Crippen LogP contribution in [0, 0.1) is 35.5 Å². The van der Waals surface area contributed by atoms with Gasteiger partial charge in [-0.25, -0.2) is 0 Å². The van der Waals surface area contributed by atoms with Crippen molar-refractivity contribution in [2.45, 2.75) is 169 Å². The number of hydrogen-bond acceptors (Lipinski definition) is 4. The number of carbonyl (C=O) groups is 1. The van der Waals surface area contributed by atoms with Gasteiger partial charge in [-0.2, -0.15) is 0 Å². The summed E-state index contributed by atoms with van der Waals surface area (Å²) in [7, 11) is 6.31. The highest BCUT2D eigenvalue weighted by Gasteiger charge is 2.24. The average Bonchev–Trinajstić information content (AvgIpc) is 2.99. The van der Waals surface area contributed by atoms with E-state index in [1.165, 1.54) is 58.4 Å². The summed E-state index contributed by atoms with van der Waals surface area (Å²) in [6, 6.07) is 0.465. The van der Waals surface area contributed by atoms with E-state index in [-0.39, 0.29) is 7.43 Å². The summed E-state index contributed by atoms with van der Waals surface area (Å²) in [5.41, 5.74) is 0. The van der Waals surface area contributed by atoms with Crippen LogP contribution >= 0.6 is 0 Å². The first-order valence-corrected chi connectivity index (χ1v) is 19.6. The van der Waals surface area contributed by atoms with Crippen molar-refractivity contribution in [3.8, 4) is 0 Å². The van der Waals surface area contributed by atoms with Crippen molar-refractivity contribution in [1.82, 2.24) is 19.6 Å². The quantitative estimate of drug-likeness (QED) is 0.244. The number of likely N-dealkylation sites (N-methyl/N-ethyl adjacent to an activating group) is 1. The molecule has 0 aromatic rings. The first kappa shape index (κ1) is 55.8. The lowest BCUT2D eigenvalue weighted by Crippen LogP contribution is -2.45. The van der Waals surface area contributed by atoms with E-state index in [1.807, 2.05) is 11.9 Å². The van der Waals surface area contributed by atoms with Gasteiger partial charge in [-0.3, -0.25) is 4.79 Å². The van der Waals surface area contributed by atoms with Gasteiger partial charge in [-0.15, -0.1) is 0 Å². The predicted molar refractivity (Wildman–Crippen MR) is 219 cm³/mol. The monoisotopic (exact) mass is 673 g/mol. The number of likely N-dealkylation sites (tertiary alicyclic amines) is 1. The molecular formula is C42H96N4O. The van der Waals surface area contributed by atoms with E-state index >= 15 is 0 Å². The summed E-state index contributed by atoms with van der Waals surface area (Å²) >= 11 is 0. The predicted octanol–water partition coefficient (Wildman–Crippen LogP) is 11.3. The number of piperidine rings is 1. The summed E-state index contributed by atoms with van der Waals surface area (Å²) < 4.78 is 0. The molecule has 2 saturated heterocycles. The third-order valence-corrected chi connectivity index (χ3v) is 8.70. The lowest BCUT2D eigenvalue weighted by molar-refractivity contribution is -0.133. The van der Waals surface area contributed by atoms with Crippen molar-refractivity contribution in [2.24, 2.45) is 35.5 Å². The molecule has 5 heteroatoms. The van der Waals surface area contributed by atoms with Gasteiger partial charge in [0.2, 0.25) is 5.91 Å². The lowest BCUT2D eigenvalue weighted by atomic mass is 10.0. The fraction of sp³-hybridized carbons (Fsp3) is 0.976. The highest BCUT2D eigenvalue weighted by atomic mass is 16.2. The molecule has 47 heavy (non-hydrogen) atoms. The van der Waals surface area contributed by atoms with Gasteiger partial charge in [-0.05, 0) is 75.5 Å². The molecule has 2 aliphatic heterocycles. The molecule has 0 aromatic heterocycles. The van der Waals surface area contributed by atoms with Gasteiger partial charge in [-0.1, -0.05) is 144 Å². The third-order valence-electron chi connectivity index (χ3n) is 8.70. The number of amides is 1. The molecule has 1 amide bonds. The van der Waals surface area contributed by atoms with Gasteiger partial charge in [0.15, 0.2) is 0 Å². The van der Waals surface area contributed by atoms with Crippen molar-refractivity contribution in [3.05, 3.63) is 0 Å². The van der Waals surface area contributed by atoms with E-state index in [0.29, 0.717) is 24.3 Å². The maximum Gasteiger partial charge on any atom is 0.222 e. The molecule has 0 atom stereocenters. The van der Waals surface area contributed by atoms with Crippen LogP contribution in [0.5, 0.6) is 0 Å². The van der Waals surface area contributed by atoms with E-state index in [1.54, 1.807) is 0 Å². The summed E-state index contributed by atoms with van der Waals surface area (Å²) in [5.74, 6) is 5.12. The van der Waals surface area contributed by atoms with Crippen LogP contribution in [0.25, 0.3) is 0 Å². The molecule has 2 rings (SSSR count). The lowest BCUT2D eigenvalue weighted by Gasteiger charge is -2.35. The summed E-state index contributed by atoms with van der Waals surface area (Å²) in [5, 5.41) is 0. The molecule has 2 fully saturated rings. The number of piperazine rings is 1. The van der Waals surface area contributed by atoms with Crippen LogP contribution in [-0.2, 0) is 4.79 Å². The Morgan fingerprint density at radius 1 is 0.553 bits per heavy atom. The van der Waals surface area contributed by atoms with E-state index in [4.69, 9.17) is 0 Å². The van der Waals surface area contributed by atoms with Gasteiger partial charge < -0.3 is 19.6 Å². The van der Waals surface area contributed by atoms with Gasteiger partial charge >= 0.3 is 0 Å². The van der Waals surface area contributed by atoms with Gasteiger partial charge in [0, 0.05) is 52.2 Å². The SMILES string of the molecule is C.CC(C)CC(=O)N(C)C1CCN(C)CC1.CC(C)CN1CCN(C)CC1.CCC(C)C.CCC(C)C.CCC(C)C.CCC(C)C. The van der Waals surface area contributed by atoms with Crippen LogP contribution in [-0.4, -0.2) is 98.5 Å². The topological polar surface area (TPSA) is 30.0 Å². The third kappa shape index (κ3) is 45.4. The maximum absolute atomic E-state index is 11.8. The van der Waals surface area contributed by atoms with Crippen molar-refractivity contribution in [2.75, 3.05) is 67.0 Å². The molecular weight excluding hydrogens is 576 g/mol. The zero-order valence-corrected chi connectivity index (χ0v) is 35.6. The van der Waals surface area contributed by atoms with Crippen LogP contribution in [0.1, 0.15) is 163 Å². The summed E-state index contributed by atoms with van der Waals surface area (Å²) in [4.78, 5) is 21.1. The molecule has 0 bridgehead atoms. The van der Waals surface area contributed by atoms with Gasteiger partial charge in [0.1, 0.15) is 0 Å². The van der Waals surface area contributed by atoms with Gasteiger partial charge in [0.25, 0.3) is 0 Å². The second-order valence-electron chi connectivity index (χ2n) is 16.3. The Balaban J connectivity index is -0.000000162. The minimum absolute atomic E-state index is 0. The minimum Gasteiger partial charge on any atom is -0.343 e. The van der Waals surface area contributed by atoms with Crippen LogP contribution < -0.4 is 0 Å². The van der Waals surface area contributed by atoms with Crippen LogP contribution in [0.3, 0.4) is 0 Å². The Morgan fingerprint density at radius 2 is 0.851 bits per heavy atom. The van der Waals surface area contributed by atoms with Crippen LogP contribution in [0.4, 0.5) is 0 Å².